The summed E-state index contributed by atoms with van der Waals surface area (Å²) in [6.07, 6.45) is 10.4. The fourth-order valence-electron chi connectivity index (χ4n) is 2.97. The van der Waals surface area contributed by atoms with Gasteiger partial charge in [-0.1, -0.05) is 64.0 Å². The summed E-state index contributed by atoms with van der Waals surface area (Å²) in [6, 6.07) is 14.4. The highest BCUT2D eigenvalue weighted by Crippen LogP contribution is 2.17. The minimum Gasteiger partial charge on any atom is -0.494 e. The number of aromatic carboxylic acids is 1. The molecule has 2 aromatic rings. The first-order chi connectivity index (χ1) is 13.7. The molecule has 4 heteroatoms. The van der Waals surface area contributed by atoms with E-state index in [9.17, 15) is 4.79 Å². The van der Waals surface area contributed by atoms with Crippen LogP contribution in [0.5, 0.6) is 11.5 Å². The van der Waals surface area contributed by atoms with Gasteiger partial charge in [0.1, 0.15) is 18.1 Å². The van der Waals surface area contributed by atoms with E-state index in [4.69, 9.17) is 14.6 Å². The second-order valence-electron chi connectivity index (χ2n) is 7.09. The molecular formula is C24H32O4. The third kappa shape index (κ3) is 8.47. The second-order valence-corrected chi connectivity index (χ2v) is 7.09. The summed E-state index contributed by atoms with van der Waals surface area (Å²) in [5.41, 5.74) is 1.30. The van der Waals surface area contributed by atoms with E-state index in [1.54, 1.807) is 24.3 Å². The van der Waals surface area contributed by atoms with Gasteiger partial charge in [-0.05, 0) is 48.4 Å². The van der Waals surface area contributed by atoms with Gasteiger partial charge in [0.2, 0.25) is 0 Å². The third-order valence-electron chi connectivity index (χ3n) is 4.70. The van der Waals surface area contributed by atoms with Gasteiger partial charge in [-0.15, -0.1) is 0 Å². The van der Waals surface area contributed by atoms with Crippen LogP contribution in [0, 0.1) is 0 Å². The van der Waals surface area contributed by atoms with Crippen LogP contribution in [0.1, 0.15) is 74.2 Å². The van der Waals surface area contributed by atoms with Gasteiger partial charge in [-0.25, -0.2) is 4.79 Å². The maximum atomic E-state index is 10.8. The predicted octanol–water partition coefficient (Wildman–Crippen LogP) is 6.48. The van der Waals surface area contributed by atoms with E-state index in [-0.39, 0.29) is 5.56 Å². The Morgan fingerprint density at radius 1 is 0.750 bits per heavy atom. The Hall–Kier alpha value is -2.49. The zero-order valence-corrected chi connectivity index (χ0v) is 16.9. The monoisotopic (exact) mass is 384 g/mol. The van der Waals surface area contributed by atoms with Crippen molar-refractivity contribution in [3.8, 4) is 11.5 Å². The minimum absolute atomic E-state index is 0.255. The molecule has 28 heavy (non-hydrogen) atoms. The number of carboxylic acid groups (broad SMARTS) is 1. The highest BCUT2D eigenvalue weighted by Gasteiger charge is 2.03. The maximum Gasteiger partial charge on any atom is 0.335 e. The molecule has 4 nitrogen and oxygen atoms in total. The lowest BCUT2D eigenvalue weighted by Gasteiger charge is -2.09. The molecule has 0 atom stereocenters. The molecule has 0 aromatic heterocycles. The van der Waals surface area contributed by atoms with Crippen LogP contribution in [0.4, 0.5) is 0 Å². The fourth-order valence-corrected chi connectivity index (χ4v) is 2.97. The Bertz CT molecular complexity index is 677. The van der Waals surface area contributed by atoms with E-state index in [2.05, 4.69) is 6.92 Å². The molecule has 0 aliphatic carbocycles. The molecule has 0 aliphatic heterocycles. The Balaban J connectivity index is 1.60. The maximum absolute atomic E-state index is 10.8. The molecule has 0 aliphatic rings. The first-order valence-corrected chi connectivity index (χ1v) is 10.4. The number of rotatable bonds is 14. The van der Waals surface area contributed by atoms with E-state index in [1.165, 1.54) is 44.9 Å². The van der Waals surface area contributed by atoms with E-state index >= 15 is 0 Å². The van der Waals surface area contributed by atoms with Crippen LogP contribution in [0.25, 0.3) is 0 Å². The van der Waals surface area contributed by atoms with Gasteiger partial charge in [0.05, 0.1) is 12.2 Å². The van der Waals surface area contributed by atoms with Crippen molar-refractivity contribution in [2.45, 2.75) is 64.9 Å². The molecule has 0 saturated heterocycles. The van der Waals surface area contributed by atoms with Crippen molar-refractivity contribution in [3.63, 3.8) is 0 Å². The smallest absolute Gasteiger partial charge is 0.335 e. The molecule has 0 spiro atoms. The van der Waals surface area contributed by atoms with Crippen molar-refractivity contribution in [2.24, 2.45) is 0 Å². The van der Waals surface area contributed by atoms with Crippen molar-refractivity contribution in [2.75, 3.05) is 6.61 Å². The van der Waals surface area contributed by atoms with Crippen molar-refractivity contribution in [1.29, 1.82) is 0 Å². The summed E-state index contributed by atoms with van der Waals surface area (Å²) < 4.78 is 11.5. The Labute approximate surface area is 168 Å². The normalized spacial score (nSPS) is 10.6. The Morgan fingerprint density at radius 2 is 1.29 bits per heavy atom. The van der Waals surface area contributed by atoms with Gasteiger partial charge in [0.25, 0.3) is 0 Å². The van der Waals surface area contributed by atoms with E-state index in [0.29, 0.717) is 12.4 Å². The molecule has 0 saturated carbocycles. The summed E-state index contributed by atoms with van der Waals surface area (Å²) in [6.45, 7) is 3.45. The lowest BCUT2D eigenvalue weighted by atomic mass is 10.1. The van der Waals surface area contributed by atoms with Crippen molar-refractivity contribution >= 4 is 5.97 Å². The number of carboxylic acids is 1. The van der Waals surface area contributed by atoms with Crippen molar-refractivity contribution in [3.05, 3.63) is 59.7 Å². The summed E-state index contributed by atoms with van der Waals surface area (Å²) in [5.74, 6) is 0.603. The van der Waals surface area contributed by atoms with Gasteiger partial charge < -0.3 is 14.6 Å². The molecule has 1 N–H and O–H groups in total. The highest BCUT2D eigenvalue weighted by molar-refractivity contribution is 5.87. The second kappa shape index (κ2) is 12.8. The van der Waals surface area contributed by atoms with Crippen LogP contribution in [0.2, 0.25) is 0 Å². The number of carbonyl (C=O) groups is 1. The fraction of sp³-hybridized carbons (Fsp3) is 0.458. The van der Waals surface area contributed by atoms with E-state index < -0.39 is 5.97 Å². The summed E-state index contributed by atoms with van der Waals surface area (Å²) in [4.78, 5) is 10.8. The lowest BCUT2D eigenvalue weighted by molar-refractivity contribution is 0.0697. The van der Waals surface area contributed by atoms with Crippen molar-refractivity contribution < 1.29 is 19.4 Å². The van der Waals surface area contributed by atoms with Gasteiger partial charge in [0, 0.05) is 0 Å². The first kappa shape index (κ1) is 21.8. The average Bonchev–Trinajstić information content (AvgIpc) is 2.72. The largest absolute Gasteiger partial charge is 0.494 e. The van der Waals surface area contributed by atoms with E-state index in [0.717, 1.165) is 24.3 Å². The van der Waals surface area contributed by atoms with Crippen LogP contribution in [0.15, 0.2) is 48.5 Å². The van der Waals surface area contributed by atoms with Crippen LogP contribution in [-0.4, -0.2) is 17.7 Å². The summed E-state index contributed by atoms with van der Waals surface area (Å²) >= 11 is 0. The SMILES string of the molecule is CCCCCCCCCCOc1ccc(COc2ccc(C(=O)O)cc2)cc1. The number of benzene rings is 2. The predicted molar refractivity (Wildman–Crippen MR) is 112 cm³/mol. The van der Waals surface area contributed by atoms with Gasteiger partial charge in [0.15, 0.2) is 0 Å². The molecule has 0 unspecified atom stereocenters. The van der Waals surface area contributed by atoms with E-state index in [1.807, 2.05) is 24.3 Å². The van der Waals surface area contributed by atoms with Crippen LogP contribution < -0.4 is 9.47 Å². The topological polar surface area (TPSA) is 55.8 Å². The lowest BCUT2D eigenvalue weighted by Crippen LogP contribution is -1.99. The number of hydrogen-bond donors (Lipinski definition) is 1. The van der Waals surface area contributed by atoms with Crippen LogP contribution in [0.3, 0.4) is 0 Å². The molecule has 2 rings (SSSR count). The summed E-state index contributed by atoms with van der Waals surface area (Å²) in [7, 11) is 0. The number of unbranched alkanes of at least 4 members (excludes halogenated alkanes) is 7. The molecule has 0 bridgehead atoms. The number of ether oxygens (including phenoxy) is 2. The minimum atomic E-state index is -0.936. The van der Waals surface area contributed by atoms with Gasteiger partial charge in [-0.3, -0.25) is 0 Å². The molecule has 0 amide bonds. The molecular weight excluding hydrogens is 352 g/mol. The van der Waals surface area contributed by atoms with Crippen LogP contribution >= 0.6 is 0 Å². The van der Waals surface area contributed by atoms with Crippen LogP contribution in [-0.2, 0) is 6.61 Å². The molecule has 152 valence electrons. The average molecular weight is 385 g/mol. The standard InChI is InChI=1S/C24H32O4/c1-2-3-4-5-6-7-8-9-18-27-22-14-10-20(11-15-22)19-28-23-16-12-21(13-17-23)24(25)26/h10-17H,2-9,18-19H2,1H3,(H,25,26). The summed E-state index contributed by atoms with van der Waals surface area (Å²) in [5, 5.41) is 8.90. The van der Waals surface area contributed by atoms with Gasteiger partial charge in [-0.2, -0.15) is 0 Å². The third-order valence-corrected chi connectivity index (χ3v) is 4.70. The number of hydrogen-bond acceptors (Lipinski definition) is 3. The Morgan fingerprint density at radius 3 is 1.89 bits per heavy atom. The highest BCUT2D eigenvalue weighted by atomic mass is 16.5. The molecule has 0 fully saturated rings. The molecule has 0 heterocycles. The molecule has 0 radical (unpaired) electrons. The zero-order chi connectivity index (χ0) is 20.0. The van der Waals surface area contributed by atoms with Gasteiger partial charge >= 0.3 is 5.97 Å². The zero-order valence-electron chi connectivity index (χ0n) is 16.9. The Kier molecular flexibility index (Phi) is 9.98. The first-order valence-electron chi connectivity index (χ1n) is 10.4. The quantitative estimate of drug-likeness (QED) is 0.379. The van der Waals surface area contributed by atoms with Crippen molar-refractivity contribution in [1.82, 2.24) is 0 Å². The molecule has 2 aromatic carbocycles.